The van der Waals surface area contributed by atoms with E-state index in [1.807, 2.05) is 0 Å². The summed E-state index contributed by atoms with van der Waals surface area (Å²) in [4.78, 5) is 26.0. The fourth-order valence-electron chi connectivity index (χ4n) is 3.12. The third-order valence-electron chi connectivity index (χ3n) is 4.33. The Labute approximate surface area is 157 Å². The Bertz CT molecular complexity index is 789. The number of ether oxygens (including phenoxy) is 1. The van der Waals surface area contributed by atoms with Crippen molar-refractivity contribution in [2.24, 2.45) is 0 Å². The number of fused-ring (bicyclic) bond motifs is 1. The van der Waals surface area contributed by atoms with Gasteiger partial charge >= 0.3 is 5.97 Å². The van der Waals surface area contributed by atoms with Gasteiger partial charge in [-0.15, -0.1) is 11.3 Å². The van der Waals surface area contributed by atoms with Gasteiger partial charge in [0.05, 0.1) is 18.4 Å². The second-order valence-electron chi connectivity index (χ2n) is 6.18. The summed E-state index contributed by atoms with van der Waals surface area (Å²) in [6.07, 6.45) is 10.9. The molecule has 0 spiro atoms. The van der Waals surface area contributed by atoms with Crippen molar-refractivity contribution in [2.75, 3.05) is 11.9 Å². The van der Waals surface area contributed by atoms with Crippen molar-refractivity contribution >= 4 is 34.3 Å². The number of hydrogen-bond acceptors (Lipinski definition) is 5. The first-order valence-electron chi connectivity index (χ1n) is 9.03. The Morgan fingerprint density at radius 3 is 2.81 bits per heavy atom. The molecule has 1 amide bonds. The van der Waals surface area contributed by atoms with Gasteiger partial charge in [0, 0.05) is 11.0 Å². The number of hydrogen-bond donors (Lipinski definition) is 1. The summed E-state index contributed by atoms with van der Waals surface area (Å²) in [5.41, 5.74) is 1.59. The Hall–Kier alpha value is -2.34. The van der Waals surface area contributed by atoms with E-state index in [0.29, 0.717) is 22.9 Å². The minimum Gasteiger partial charge on any atom is -0.465 e. The highest BCUT2D eigenvalue weighted by atomic mass is 32.1. The number of thiophene rings is 1. The molecule has 0 unspecified atom stereocenters. The topological polar surface area (TPSA) is 68.5 Å². The molecule has 1 N–H and O–H groups in total. The van der Waals surface area contributed by atoms with Crippen molar-refractivity contribution in [3.63, 3.8) is 0 Å². The number of aryl methyl sites for hydroxylation is 1. The number of rotatable bonds is 5. The number of furan rings is 1. The van der Waals surface area contributed by atoms with Crippen molar-refractivity contribution in [3.05, 3.63) is 46.2 Å². The van der Waals surface area contributed by atoms with Gasteiger partial charge < -0.3 is 14.5 Å². The van der Waals surface area contributed by atoms with Crippen LogP contribution in [0.5, 0.6) is 0 Å². The maximum absolute atomic E-state index is 12.5. The molecule has 138 valence electrons. The summed E-state index contributed by atoms with van der Waals surface area (Å²) >= 11 is 1.50. The first-order chi connectivity index (χ1) is 12.7. The highest BCUT2D eigenvalue weighted by molar-refractivity contribution is 7.17. The van der Waals surface area contributed by atoms with Crippen LogP contribution < -0.4 is 5.32 Å². The zero-order valence-electron chi connectivity index (χ0n) is 14.9. The Morgan fingerprint density at radius 1 is 1.27 bits per heavy atom. The lowest BCUT2D eigenvalue weighted by Gasteiger charge is -2.11. The summed E-state index contributed by atoms with van der Waals surface area (Å²) in [5, 5.41) is 3.45. The minimum atomic E-state index is -0.351. The summed E-state index contributed by atoms with van der Waals surface area (Å²) < 4.78 is 10.4. The zero-order valence-corrected chi connectivity index (χ0v) is 15.7. The average Bonchev–Trinajstić information content (AvgIpc) is 3.21. The molecule has 2 aromatic heterocycles. The predicted octanol–water partition coefficient (Wildman–Crippen LogP) is 4.83. The third kappa shape index (κ3) is 4.43. The summed E-state index contributed by atoms with van der Waals surface area (Å²) in [6.45, 7) is 2.10. The highest BCUT2D eigenvalue weighted by Crippen LogP contribution is 2.37. The van der Waals surface area contributed by atoms with Gasteiger partial charge in [0.1, 0.15) is 10.8 Å². The molecule has 0 aliphatic heterocycles. The quantitative estimate of drug-likeness (QED) is 0.602. The van der Waals surface area contributed by atoms with E-state index in [9.17, 15) is 9.59 Å². The number of anilines is 1. The van der Waals surface area contributed by atoms with Crippen LogP contribution in [0.3, 0.4) is 0 Å². The molecule has 26 heavy (non-hydrogen) atoms. The van der Waals surface area contributed by atoms with E-state index >= 15 is 0 Å². The molecule has 0 fully saturated rings. The second-order valence-corrected chi connectivity index (χ2v) is 7.29. The van der Waals surface area contributed by atoms with Crippen molar-refractivity contribution in [1.29, 1.82) is 0 Å². The van der Waals surface area contributed by atoms with E-state index in [2.05, 4.69) is 5.32 Å². The fraction of sp³-hybridized carbons (Fsp3) is 0.400. The number of carbonyl (C=O) groups is 2. The average molecular weight is 373 g/mol. The normalized spacial score (nSPS) is 14.5. The van der Waals surface area contributed by atoms with E-state index in [1.54, 1.807) is 31.4 Å². The zero-order chi connectivity index (χ0) is 18.4. The lowest BCUT2D eigenvalue weighted by Crippen LogP contribution is -2.13. The molecule has 0 atom stereocenters. The van der Waals surface area contributed by atoms with Crippen LogP contribution in [0.15, 0.2) is 28.9 Å². The lowest BCUT2D eigenvalue weighted by atomic mass is 9.96. The molecule has 0 saturated heterocycles. The van der Waals surface area contributed by atoms with Gasteiger partial charge in [-0.25, -0.2) is 4.79 Å². The molecule has 1 aliphatic carbocycles. The van der Waals surface area contributed by atoms with E-state index in [0.717, 1.165) is 31.2 Å². The van der Waals surface area contributed by atoms with Crippen molar-refractivity contribution in [2.45, 2.75) is 45.4 Å². The van der Waals surface area contributed by atoms with Crippen LogP contribution in [0.1, 0.15) is 59.2 Å². The molecule has 0 aromatic carbocycles. The molecule has 0 saturated carbocycles. The van der Waals surface area contributed by atoms with Gasteiger partial charge in [0.2, 0.25) is 5.91 Å². The number of nitrogens with one attached hydrogen (secondary N) is 1. The van der Waals surface area contributed by atoms with Gasteiger partial charge in [-0.3, -0.25) is 4.79 Å². The summed E-state index contributed by atoms with van der Waals surface area (Å²) in [6, 6.07) is 3.53. The Morgan fingerprint density at radius 2 is 2.08 bits per heavy atom. The van der Waals surface area contributed by atoms with E-state index < -0.39 is 0 Å². The summed E-state index contributed by atoms with van der Waals surface area (Å²) in [5.74, 6) is -0.0405. The van der Waals surface area contributed by atoms with Crippen LogP contribution >= 0.6 is 11.3 Å². The van der Waals surface area contributed by atoms with Crippen LogP contribution in [0.4, 0.5) is 5.00 Å². The smallest absolute Gasteiger partial charge is 0.341 e. The number of amides is 1. The molecule has 5 nitrogen and oxygen atoms in total. The first-order valence-corrected chi connectivity index (χ1v) is 9.85. The molecule has 2 heterocycles. The molecule has 3 rings (SSSR count). The minimum absolute atomic E-state index is 0.291. The van der Waals surface area contributed by atoms with Crippen molar-refractivity contribution in [3.8, 4) is 0 Å². The molecular formula is C20H23NO4S. The summed E-state index contributed by atoms with van der Waals surface area (Å²) in [7, 11) is 0. The number of esters is 1. The van der Waals surface area contributed by atoms with Gasteiger partial charge in [-0.2, -0.15) is 0 Å². The second kappa shape index (κ2) is 8.85. The molecule has 0 bridgehead atoms. The number of carbonyl (C=O) groups excluding carboxylic acids is 2. The largest absolute Gasteiger partial charge is 0.465 e. The maximum atomic E-state index is 12.5. The van der Waals surface area contributed by atoms with Crippen LogP contribution in [-0.4, -0.2) is 18.5 Å². The van der Waals surface area contributed by atoms with E-state index in [4.69, 9.17) is 9.15 Å². The van der Waals surface area contributed by atoms with E-state index in [-0.39, 0.29) is 11.9 Å². The standard InChI is InChI=1S/C20H23NO4S/c1-2-24-20(23)18-15-9-5-3-4-6-10-16(15)26-19(18)21-17(22)12-11-14-8-7-13-25-14/h7-8,11-13H,2-6,9-10H2,1H3,(H,21,22)/b12-11+. The first kappa shape index (κ1) is 18.5. The molecule has 0 radical (unpaired) electrons. The van der Waals surface area contributed by atoms with Crippen LogP contribution in [0.2, 0.25) is 0 Å². The monoisotopic (exact) mass is 373 g/mol. The SMILES string of the molecule is CCOC(=O)c1c(NC(=O)/C=C/c2ccco2)sc2c1CCCCCC2. The van der Waals surface area contributed by atoms with Crippen molar-refractivity contribution < 1.29 is 18.7 Å². The molecular weight excluding hydrogens is 350 g/mol. The van der Waals surface area contributed by atoms with Gasteiger partial charge in [0.15, 0.2) is 0 Å². The van der Waals surface area contributed by atoms with E-state index in [1.165, 1.54) is 35.1 Å². The Balaban J connectivity index is 1.85. The van der Waals surface area contributed by atoms with Gasteiger partial charge in [0.25, 0.3) is 0 Å². The van der Waals surface area contributed by atoms with Crippen molar-refractivity contribution in [1.82, 2.24) is 0 Å². The van der Waals surface area contributed by atoms with Crippen LogP contribution in [0.25, 0.3) is 6.08 Å². The highest BCUT2D eigenvalue weighted by Gasteiger charge is 2.25. The maximum Gasteiger partial charge on any atom is 0.341 e. The molecule has 6 heteroatoms. The lowest BCUT2D eigenvalue weighted by molar-refractivity contribution is -0.111. The van der Waals surface area contributed by atoms with Gasteiger partial charge in [-0.1, -0.05) is 12.8 Å². The molecule has 2 aromatic rings. The third-order valence-corrected chi connectivity index (χ3v) is 5.54. The van der Waals surface area contributed by atoms with Crippen LogP contribution in [-0.2, 0) is 22.4 Å². The van der Waals surface area contributed by atoms with Gasteiger partial charge in [-0.05, 0) is 56.4 Å². The predicted molar refractivity (Wildman–Crippen MR) is 103 cm³/mol. The fourth-order valence-corrected chi connectivity index (χ4v) is 4.40. The Kier molecular flexibility index (Phi) is 6.28. The molecule has 1 aliphatic rings. The van der Waals surface area contributed by atoms with Crippen LogP contribution in [0, 0.1) is 0 Å².